The summed E-state index contributed by atoms with van der Waals surface area (Å²) < 4.78 is 6.68. The first-order valence-corrected chi connectivity index (χ1v) is 7.57. The molecule has 2 rings (SSSR count). The van der Waals surface area contributed by atoms with E-state index in [9.17, 15) is 0 Å². The van der Waals surface area contributed by atoms with Gasteiger partial charge in [-0.3, -0.25) is 0 Å². The van der Waals surface area contributed by atoms with Gasteiger partial charge in [0.2, 0.25) is 0 Å². The van der Waals surface area contributed by atoms with Crippen molar-refractivity contribution in [3.8, 4) is 0 Å². The van der Waals surface area contributed by atoms with E-state index in [0.29, 0.717) is 0 Å². The predicted molar refractivity (Wildman–Crippen MR) is 84.2 cm³/mol. The van der Waals surface area contributed by atoms with Crippen molar-refractivity contribution in [2.24, 2.45) is 0 Å². The second kappa shape index (κ2) is 7.65. The van der Waals surface area contributed by atoms with Gasteiger partial charge in [0.25, 0.3) is 0 Å². The van der Waals surface area contributed by atoms with E-state index < -0.39 is 0 Å². The number of nitrogens with one attached hydrogen (secondary N) is 1. The molecular formula is C15H18ClNOS. The van der Waals surface area contributed by atoms with Gasteiger partial charge in [0.05, 0.1) is 18.2 Å². The Kier molecular flexibility index (Phi) is 5.86. The van der Waals surface area contributed by atoms with Crippen molar-refractivity contribution in [3.05, 3.63) is 46.8 Å². The van der Waals surface area contributed by atoms with Crippen LogP contribution < -0.4 is 5.32 Å². The van der Waals surface area contributed by atoms with Crippen molar-refractivity contribution in [1.29, 1.82) is 0 Å². The average molecular weight is 296 g/mol. The molecule has 1 N–H and O–H groups in total. The highest BCUT2D eigenvalue weighted by atomic mass is 35.5. The molecule has 0 saturated carbocycles. The van der Waals surface area contributed by atoms with Gasteiger partial charge in [-0.1, -0.05) is 35.9 Å². The Labute approximate surface area is 123 Å². The smallest absolute Gasteiger partial charge is 0.0636 e. The number of rotatable bonds is 8. The summed E-state index contributed by atoms with van der Waals surface area (Å²) in [5, 5.41) is 5.38. The molecule has 0 fully saturated rings. The summed E-state index contributed by atoms with van der Waals surface area (Å²) in [7, 11) is 0. The van der Waals surface area contributed by atoms with Crippen molar-refractivity contribution in [1.82, 2.24) is 5.32 Å². The molecule has 1 heterocycles. The molecule has 102 valence electrons. The monoisotopic (exact) mass is 295 g/mol. The van der Waals surface area contributed by atoms with Gasteiger partial charge in [0.15, 0.2) is 0 Å². The summed E-state index contributed by atoms with van der Waals surface area (Å²) >= 11 is 8.11. The standard InChI is InChI=1S/C15H18ClNOS/c1-2-3-9-18-10-8-17-11-14-15(16)12-6-4-5-7-13(12)19-14/h2,4-7,17H,1,3,8-11H2. The maximum atomic E-state index is 6.37. The number of hydrogen-bond acceptors (Lipinski definition) is 3. The molecule has 0 radical (unpaired) electrons. The Balaban J connectivity index is 1.78. The number of ether oxygens (including phenoxy) is 1. The average Bonchev–Trinajstić information content (AvgIpc) is 2.75. The van der Waals surface area contributed by atoms with Crippen molar-refractivity contribution in [2.75, 3.05) is 19.8 Å². The molecule has 0 saturated heterocycles. The van der Waals surface area contributed by atoms with Gasteiger partial charge in [-0.2, -0.15) is 0 Å². The number of fused-ring (bicyclic) bond motifs is 1. The third-order valence-electron chi connectivity index (χ3n) is 2.78. The van der Waals surface area contributed by atoms with Crippen LogP contribution in [0.4, 0.5) is 0 Å². The lowest BCUT2D eigenvalue weighted by Crippen LogP contribution is -2.19. The number of thiophene rings is 1. The molecule has 0 bridgehead atoms. The Morgan fingerprint density at radius 3 is 2.95 bits per heavy atom. The minimum atomic E-state index is 0.719. The molecule has 2 nitrogen and oxygen atoms in total. The molecule has 4 heteroatoms. The lowest BCUT2D eigenvalue weighted by atomic mass is 10.2. The fourth-order valence-electron chi connectivity index (χ4n) is 1.79. The van der Waals surface area contributed by atoms with E-state index in [2.05, 4.69) is 24.0 Å². The van der Waals surface area contributed by atoms with Gasteiger partial charge in [-0.25, -0.2) is 0 Å². The summed E-state index contributed by atoms with van der Waals surface area (Å²) in [5.74, 6) is 0. The molecule has 1 aromatic heterocycles. The Morgan fingerprint density at radius 2 is 2.16 bits per heavy atom. The van der Waals surface area contributed by atoms with Crippen LogP contribution in [0.2, 0.25) is 5.02 Å². The third-order valence-corrected chi connectivity index (χ3v) is 4.49. The first kappa shape index (κ1) is 14.5. The molecule has 0 amide bonds. The fourth-order valence-corrected chi connectivity index (χ4v) is 3.26. The van der Waals surface area contributed by atoms with Crippen LogP contribution in [0, 0.1) is 0 Å². The molecule has 0 aliphatic carbocycles. The molecule has 2 aromatic rings. The summed E-state index contributed by atoms with van der Waals surface area (Å²) in [6.07, 6.45) is 2.77. The Morgan fingerprint density at radius 1 is 1.32 bits per heavy atom. The van der Waals surface area contributed by atoms with Crippen molar-refractivity contribution < 1.29 is 4.74 Å². The van der Waals surface area contributed by atoms with E-state index in [-0.39, 0.29) is 0 Å². The van der Waals surface area contributed by atoms with Gasteiger partial charge in [0, 0.05) is 28.1 Å². The third kappa shape index (κ3) is 4.05. The number of hydrogen-bond donors (Lipinski definition) is 1. The lowest BCUT2D eigenvalue weighted by Gasteiger charge is -2.04. The zero-order valence-corrected chi connectivity index (χ0v) is 12.4. The minimum absolute atomic E-state index is 0.719. The van der Waals surface area contributed by atoms with E-state index in [4.69, 9.17) is 16.3 Å². The second-order valence-electron chi connectivity index (χ2n) is 4.20. The Bertz CT molecular complexity index is 538. The van der Waals surface area contributed by atoms with Crippen LogP contribution in [0.15, 0.2) is 36.9 Å². The van der Waals surface area contributed by atoms with E-state index in [1.165, 1.54) is 9.58 Å². The predicted octanol–water partition coefficient (Wildman–Crippen LogP) is 4.24. The molecule has 0 spiro atoms. The van der Waals surface area contributed by atoms with E-state index in [0.717, 1.165) is 43.1 Å². The first-order chi connectivity index (χ1) is 9.33. The summed E-state index contributed by atoms with van der Waals surface area (Å²) in [5.41, 5.74) is 0. The fraction of sp³-hybridized carbons (Fsp3) is 0.333. The van der Waals surface area contributed by atoms with Crippen LogP contribution in [0.25, 0.3) is 10.1 Å². The highest BCUT2D eigenvalue weighted by molar-refractivity contribution is 7.19. The zero-order chi connectivity index (χ0) is 13.5. The van der Waals surface area contributed by atoms with Gasteiger partial charge in [-0.15, -0.1) is 17.9 Å². The van der Waals surface area contributed by atoms with Crippen molar-refractivity contribution >= 4 is 33.0 Å². The maximum absolute atomic E-state index is 6.37. The van der Waals surface area contributed by atoms with Crippen molar-refractivity contribution in [3.63, 3.8) is 0 Å². The summed E-state index contributed by atoms with van der Waals surface area (Å²) in [4.78, 5) is 1.19. The first-order valence-electron chi connectivity index (χ1n) is 6.38. The molecule has 0 aliphatic heterocycles. The summed E-state index contributed by atoms with van der Waals surface area (Å²) in [6, 6.07) is 8.23. The lowest BCUT2D eigenvalue weighted by molar-refractivity contribution is 0.140. The molecule has 19 heavy (non-hydrogen) atoms. The van der Waals surface area contributed by atoms with Crippen LogP contribution in [0.5, 0.6) is 0 Å². The second-order valence-corrected chi connectivity index (χ2v) is 5.72. The van der Waals surface area contributed by atoms with Crippen LogP contribution in [-0.2, 0) is 11.3 Å². The zero-order valence-electron chi connectivity index (χ0n) is 10.8. The SMILES string of the molecule is C=CCCOCCNCc1sc2ccccc2c1Cl. The van der Waals surface area contributed by atoms with Gasteiger partial charge in [-0.05, 0) is 12.5 Å². The molecule has 0 atom stereocenters. The molecule has 0 unspecified atom stereocenters. The molecule has 1 aromatic carbocycles. The largest absolute Gasteiger partial charge is 0.380 e. The van der Waals surface area contributed by atoms with E-state index in [1.54, 1.807) is 11.3 Å². The highest BCUT2D eigenvalue weighted by Gasteiger charge is 2.08. The van der Waals surface area contributed by atoms with Gasteiger partial charge in [0.1, 0.15) is 0 Å². The van der Waals surface area contributed by atoms with Crippen LogP contribution in [0.1, 0.15) is 11.3 Å². The highest BCUT2D eigenvalue weighted by Crippen LogP contribution is 2.34. The normalized spacial score (nSPS) is 11.0. The topological polar surface area (TPSA) is 21.3 Å². The van der Waals surface area contributed by atoms with Crippen LogP contribution in [-0.4, -0.2) is 19.8 Å². The van der Waals surface area contributed by atoms with Crippen LogP contribution >= 0.6 is 22.9 Å². The Hall–Kier alpha value is -0.870. The van der Waals surface area contributed by atoms with Crippen LogP contribution in [0.3, 0.4) is 0 Å². The van der Waals surface area contributed by atoms with Gasteiger partial charge < -0.3 is 10.1 Å². The quantitative estimate of drug-likeness (QED) is 0.581. The summed E-state index contributed by atoms with van der Waals surface area (Å²) in [6.45, 7) is 6.75. The molecule has 0 aliphatic rings. The van der Waals surface area contributed by atoms with Gasteiger partial charge >= 0.3 is 0 Å². The van der Waals surface area contributed by atoms with E-state index in [1.807, 2.05) is 18.2 Å². The minimum Gasteiger partial charge on any atom is -0.380 e. The molecular weight excluding hydrogens is 278 g/mol. The van der Waals surface area contributed by atoms with E-state index >= 15 is 0 Å². The van der Waals surface area contributed by atoms with Crippen molar-refractivity contribution in [2.45, 2.75) is 13.0 Å². The maximum Gasteiger partial charge on any atom is 0.0636 e. The number of benzene rings is 1. The number of halogens is 1.